The first-order valence-electron chi connectivity index (χ1n) is 6.80. The maximum atomic E-state index is 9.47. The minimum absolute atomic E-state index is 0.189. The number of phenols is 1. The molecule has 4 N–H and O–H groups in total. The summed E-state index contributed by atoms with van der Waals surface area (Å²) in [5.41, 5.74) is 7.56. The molecule has 2 aromatic rings. The van der Waals surface area contributed by atoms with E-state index < -0.39 is 0 Å². The highest BCUT2D eigenvalue weighted by Crippen LogP contribution is 2.29. The number of rotatable bonds is 5. The van der Waals surface area contributed by atoms with E-state index in [0.29, 0.717) is 22.5 Å². The molecule has 0 aromatic heterocycles. The maximum absolute atomic E-state index is 9.47. The predicted molar refractivity (Wildman–Crippen MR) is 94.3 cm³/mol. The minimum atomic E-state index is 0.189. The molecule has 2 aromatic carbocycles. The zero-order valence-corrected chi connectivity index (χ0v) is 14.4. The van der Waals surface area contributed by atoms with Crippen molar-refractivity contribution < 1.29 is 14.6 Å². The first-order chi connectivity index (χ1) is 11.0. The molecule has 7 heteroatoms. The number of aliphatic imine (C=N–C) groups is 1. The molecular formula is C16H18BrN3O3. The van der Waals surface area contributed by atoms with Crippen molar-refractivity contribution in [1.29, 1.82) is 0 Å². The van der Waals surface area contributed by atoms with Gasteiger partial charge in [0, 0.05) is 11.8 Å². The molecule has 0 saturated heterocycles. The Bertz CT molecular complexity index is 720. The van der Waals surface area contributed by atoms with Gasteiger partial charge < -0.3 is 25.6 Å². The van der Waals surface area contributed by atoms with Gasteiger partial charge in [-0.1, -0.05) is 6.07 Å². The summed E-state index contributed by atoms with van der Waals surface area (Å²) >= 11 is 3.27. The molecule has 0 aliphatic heterocycles. The van der Waals surface area contributed by atoms with E-state index in [1.165, 1.54) is 0 Å². The highest BCUT2D eigenvalue weighted by Gasteiger charge is 2.05. The van der Waals surface area contributed by atoms with Crippen LogP contribution in [0.3, 0.4) is 0 Å². The molecule has 0 spiro atoms. The number of hydrogen-bond donors (Lipinski definition) is 3. The quantitative estimate of drug-likeness (QED) is 0.548. The normalized spacial score (nSPS) is 11.2. The molecular weight excluding hydrogens is 362 g/mol. The van der Waals surface area contributed by atoms with Crippen molar-refractivity contribution in [2.45, 2.75) is 6.54 Å². The van der Waals surface area contributed by atoms with Crippen molar-refractivity contribution >= 4 is 27.6 Å². The third kappa shape index (κ3) is 4.53. The zero-order valence-electron chi connectivity index (χ0n) is 12.8. The lowest BCUT2D eigenvalue weighted by Crippen LogP contribution is -2.22. The molecule has 23 heavy (non-hydrogen) atoms. The van der Waals surface area contributed by atoms with Gasteiger partial charge in [0.05, 0.1) is 25.2 Å². The van der Waals surface area contributed by atoms with Crippen LogP contribution < -0.4 is 20.5 Å². The summed E-state index contributed by atoms with van der Waals surface area (Å²) < 4.78 is 11.0. The summed E-state index contributed by atoms with van der Waals surface area (Å²) in [6, 6.07) is 10.6. The molecule has 0 heterocycles. The van der Waals surface area contributed by atoms with Crippen LogP contribution in [0, 0.1) is 0 Å². The molecule has 122 valence electrons. The Morgan fingerprint density at radius 2 is 1.91 bits per heavy atom. The number of phenolic OH excluding ortho intramolecular Hbond substituents is 1. The average Bonchev–Trinajstić information content (AvgIpc) is 2.55. The molecule has 0 radical (unpaired) electrons. The smallest absolute Gasteiger partial charge is 0.193 e. The number of ether oxygens (including phenoxy) is 2. The molecule has 0 aliphatic carbocycles. The summed E-state index contributed by atoms with van der Waals surface area (Å²) in [5.74, 6) is 1.71. The van der Waals surface area contributed by atoms with Crippen LogP contribution in [0.5, 0.6) is 17.2 Å². The molecule has 6 nitrogen and oxygen atoms in total. The Morgan fingerprint density at radius 1 is 1.17 bits per heavy atom. The van der Waals surface area contributed by atoms with Gasteiger partial charge in [0.1, 0.15) is 5.75 Å². The molecule has 2 rings (SSSR count). The third-order valence-corrected chi connectivity index (χ3v) is 3.74. The van der Waals surface area contributed by atoms with Crippen LogP contribution in [0.15, 0.2) is 45.9 Å². The Kier molecular flexibility index (Phi) is 5.70. The highest BCUT2D eigenvalue weighted by molar-refractivity contribution is 9.10. The van der Waals surface area contributed by atoms with E-state index in [1.807, 2.05) is 6.07 Å². The van der Waals surface area contributed by atoms with Gasteiger partial charge >= 0.3 is 0 Å². The van der Waals surface area contributed by atoms with E-state index in [4.69, 9.17) is 15.2 Å². The molecule has 0 aliphatic rings. The van der Waals surface area contributed by atoms with Gasteiger partial charge in [-0.15, -0.1) is 0 Å². The Hall–Kier alpha value is -2.41. The summed E-state index contributed by atoms with van der Waals surface area (Å²) in [5, 5.41) is 12.5. The summed E-state index contributed by atoms with van der Waals surface area (Å²) in [6.07, 6.45) is 0. The van der Waals surface area contributed by atoms with E-state index in [0.717, 1.165) is 11.3 Å². The number of nitrogens with one attached hydrogen (secondary N) is 1. The second kappa shape index (κ2) is 7.73. The monoisotopic (exact) mass is 379 g/mol. The van der Waals surface area contributed by atoms with Gasteiger partial charge in [0.2, 0.25) is 0 Å². The maximum Gasteiger partial charge on any atom is 0.193 e. The van der Waals surface area contributed by atoms with Crippen molar-refractivity contribution in [3.63, 3.8) is 0 Å². The van der Waals surface area contributed by atoms with E-state index in [1.54, 1.807) is 44.6 Å². The van der Waals surface area contributed by atoms with Crippen molar-refractivity contribution in [2.75, 3.05) is 19.5 Å². The third-order valence-electron chi connectivity index (χ3n) is 3.10. The summed E-state index contributed by atoms with van der Waals surface area (Å²) in [4.78, 5) is 4.27. The van der Waals surface area contributed by atoms with E-state index >= 15 is 0 Å². The number of nitrogens with two attached hydrogens (primary N) is 1. The molecule has 0 fully saturated rings. The average molecular weight is 380 g/mol. The number of anilines is 1. The number of aromatic hydroxyl groups is 1. The fraction of sp³-hybridized carbons (Fsp3) is 0.188. The molecule has 0 unspecified atom stereocenters. The second-order valence-electron chi connectivity index (χ2n) is 4.68. The van der Waals surface area contributed by atoms with E-state index in [-0.39, 0.29) is 11.7 Å². The number of nitrogens with zero attached hydrogens (tertiary/aromatic N) is 1. The van der Waals surface area contributed by atoms with E-state index in [9.17, 15) is 5.11 Å². The lowest BCUT2D eigenvalue weighted by atomic mass is 10.2. The lowest BCUT2D eigenvalue weighted by Gasteiger charge is -2.11. The van der Waals surface area contributed by atoms with Crippen molar-refractivity contribution in [3.8, 4) is 17.2 Å². The molecule has 0 saturated carbocycles. The first kappa shape index (κ1) is 17.0. The molecule has 0 bridgehead atoms. The summed E-state index contributed by atoms with van der Waals surface area (Å²) in [6.45, 7) is 0.394. The van der Waals surface area contributed by atoms with Gasteiger partial charge in [-0.05, 0) is 45.8 Å². The van der Waals surface area contributed by atoms with Gasteiger partial charge in [0.15, 0.2) is 17.5 Å². The van der Waals surface area contributed by atoms with Crippen LogP contribution in [0.4, 0.5) is 5.69 Å². The van der Waals surface area contributed by atoms with Crippen molar-refractivity contribution in [3.05, 3.63) is 46.4 Å². The van der Waals surface area contributed by atoms with Crippen LogP contribution in [-0.4, -0.2) is 25.3 Å². The molecule has 0 amide bonds. The Labute approximate surface area is 143 Å². The minimum Gasteiger partial charge on any atom is -0.507 e. The number of benzene rings is 2. The van der Waals surface area contributed by atoms with Gasteiger partial charge in [-0.25, -0.2) is 4.99 Å². The van der Waals surface area contributed by atoms with Crippen LogP contribution in [-0.2, 0) is 6.54 Å². The largest absolute Gasteiger partial charge is 0.507 e. The van der Waals surface area contributed by atoms with Crippen LogP contribution in [0.25, 0.3) is 0 Å². The second-order valence-corrected chi connectivity index (χ2v) is 5.54. The van der Waals surface area contributed by atoms with Gasteiger partial charge in [-0.3, -0.25) is 0 Å². The highest BCUT2D eigenvalue weighted by atomic mass is 79.9. The number of methoxy groups -OCH3 is 2. The van der Waals surface area contributed by atoms with Crippen molar-refractivity contribution in [2.24, 2.45) is 10.7 Å². The van der Waals surface area contributed by atoms with Crippen LogP contribution in [0.1, 0.15) is 5.56 Å². The van der Waals surface area contributed by atoms with Crippen LogP contribution >= 0.6 is 15.9 Å². The predicted octanol–water partition coefficient (Wildman–Crippen LogP) is 3.10. The van der Waals surface area contributed by atoms with E-state index in [2.05, 4.69) is 26.2 Å². The SMILES string of the molecule is COc1ccc(NC(N)=NCc2ccc(O)c(Br)c2)cc1OC. The Balaban J connectivity index is 2.05. The molecule has 0 atom stereocenters. The van der Waals surface area contributed by atoms with Crippen molar-refractivity contribution in [1.82, 2.24) is 0 Å². The number of guanidine groups is 1. The van der Waals surface area contributed by atoms with Gasteiger partial charge in [-0.2, -0.15) is 0 Å². The number of halogens is 1. The first-order valence-corrected chi connectivity index (χ1v) is 7.59. The fourth-order valence-electron chi connectivity index (χ4n) is 1.93. The Morgan fingerprint density at radius 3 is 2.57 bits per heavy atom. The number of hydrogen-bond acceptors (Lipinski definition) is 4. The fourth-order valence-corrected chi connectivity index (χ4v) is 2.35. The zero-order chi connectivity index (χ0) is 16.8. The standard InChI is InChI=1S/C16H18BrN3O3/c1-22-14-6-4-11(8-15(14)23-2)20-16(18)19-9-10-3-5-13(21)12(17)7-10/h3-8,21H,9H2,1-2H3,(H3,18,19,20). The van der Waals surface area contributed by atoms with Crippen LogP contribution in [0.2, 0.25) is 0 Å². The topological polar surface area (TPSA) is 89.1 Å². The van der Waals surface area contributed by atoms with Gasteiger partial charge in [0.25, 0.3) is 0 Å². The summed E-state index contributed by atoms with van der Waals surface area (Å²) in [7, 11) is 3.15. The lowest BCUT2D eigenvalue weighted by molar-refractivity contribution is 0.355.